The minimum absolute atomic E-state index is 0.0180. The first-order valence-corrected chi connectivity index (χ1v) is 4.45. The van der Waals surface area contributed by atoms with Crippen LogP contribution in [0.2, 0.25) is 0 Å². The van der Waals surface area contributed by atoms with Gasteiger partial charge in [-0.15, -0.1) is 0 Å². The molecule has 0 aromatic heterocycles. The molecule has 4 nitrogen and oxygen atoms in total. The average Bonchev–Trinajstić information content (AvgIpc) is 2.34. The highest BCUT2D eigenvalue weighted by Gasteiger charge is 2.45. The number of carbonyl (C=O) groups is 1. The molecule has 0 amide bonds. The fraction of sp³-hybridized carbons (Fsp3) is 0.667. The topological polar surface area (TPSA) is 66.8 Å². The monoisotopic (exact) mass is 184 g/mol. The predicted molar refractivity (Wildman–Crippen MR) is 44.0 cm³/mol. The zero-order chi connectivity index (χ0) is 9.47. The van der Waals surface area contributed by atoms with E-state index in [0.29, 0.717) is 25.7 Å². The van der Waals surface area contributed by atoms with Crippen molar-refractivity contribution in [3.63, 3.8) is 0 Å². The summed E-state index contributed by atoms with van der Waals surface area (Å²) in [6, 6.07) is 0. The van der Waals surface area contributed by atoms with Gasteiger partial charge in [-0.25, -0.2) is 4.79 Å². The zero-order valence-electron chi connectivity index (χ0n) is 7.19. The van der Waals surface area contributed by atoms with Gasteiger partial charge in [0.05, 0.1) is 12.2 Å². The number of carbonyl (C=O) groups excluding carboxylic acids is 1. The molecule has 2 N–H and O–H groups in total. The molecule has 2 rings (SSSR count). The minimum atomic E-state index is -0.809. The van der Waals surface area contributed by atoms with Crippen LogP contribution in [0.1, 0.15) is 25.7 Å². The molecule has 0 atom stereocenters. The molecule has 0 bridgehead atoms. The second-order valence-electron chi connectivity index (χ2n) is 3.68. The first-order valence-electron chi connectivity index (χ1n) is 4.45. The molecule has 1 aliphatic heterocycles. The van der Waals surface area contributed by atoms with Crippen LogP contribution in [0.25, 0.3) is 0 Å². The van der Waals surface area contributed by atoms with Crippen LogP contribution in [0, 0.1) is 0 Å². The van der Waals surface area contributed by atoms with Crippen LogP contribution in [-0.4, -0.2) is 27.9 Å². The van der Waals surface area contributed by atoms with E-state index in [0.717, 1.165) is 6.08 Å². The Labute approximate surface area is 75.8 Å². The smallest absolute Gasteiger partial charge is 0.335 e. The Morgan fingerprint density at radius 3 is 2.54 bits per heavy atom. The highest BCUT2D eigenvalue weighted by molar-refractivity contribution is 5.86. The summed E-state index contributed by atoms with van der Waals surface area (Å²) in [5.74, 6) is -0.460. The highest BCUT2D eigenvalue weighted by Crippen LogP contribution is 2.39. The van der Waals surface area contributed by atoms with Gasteiger partial charge in [0.25, 0.3) is 0 Å². The number of hydrogen-bond donors (Lipinski definition) is 2. The lowest BCUT2D eigenvalue weighted by molar-refractivity contribution is -0.152. The van der Waals surface area contributed by atoms with Crippen LogP contribution in [0.5, 0.6) is 0 Å². The van der Waals surface area contributed by atoms with Crippen LogP contribution in [0.15, 0.2) is 11.8 Å². The van der Waals surface area contributed by atoms with Crippen LogP contribution in [0.4, 0.5) is 0 Å². The summed E-state index contributed by atoms with van der Waals surface area (Å²) in [5.41, 5.74) is -0.809. The number of esters is 1. The predicted octanol–water partition coefficient (Wildman–Crippen LogP) is 0.659. The number of ether oxygens (including phenoxy) is 1. The van der Waals surface area contributed by atoms with Crippen LogP contribution in [0.3, 0.4) is 0 Å². The number of aliphatic hydroxyl groups is 2. The fourth-order valence-electron chi connectivity index (χ4n) is 1.94. The van der Waals surface area contributed by atoms with Gasteiger partial charge in [0.1, 0.15) is 5.76 Å². The first kappa shape index (κ1) is 8.56. The molecule has 4 heteroatoms. The second-order valence-corrected chi connectivity index (χ2v) is 3.68. The Balaban J connectivity index is 2.15. The van der Waals surface area contributed by atoms with Gasteiger partial charge in [-0.1, -0.05) is 0 Å². The van der Waals surface area contributed by atoms with Crippen LogP contribution in [-0.2, 0) is 9.53 Å². The Morgan fingerprint density at radius 2 is 2.08 bits per heavy atom. The molecule has 1 spiro atoms. The third-order valence-electron chi connectivity index (χ3n) is 2.78. The van der Waals surface area contributed by atoms with E-state index in [1.54, 1.807) is 0 Å². The van der Waals surface area contributed by atoms with E-state index >= 15 is 0 Å². The van der Waals surface area contributed by atoms with Crippen LogP contribution < -0.4 is 0 Å². The van der Waals surface area contributed by atoms with Gasteiger partial charge >= 0.3 is 5.97 Å². The van der Waals surface area contributed by atoms with Crippen molar-refractivity contribution in [2.75, 3.05) is 0 Å². The molecule has 1 aliphatic carbocycles. The van der Waals surface area contributed by atoms with Gasteiger partial charge in [0.15, 0.2) is 5.60 Å². The zero-order valence-corrected chi connectivity index (χ0v) is 7.19. The highest BCUT2D eigenvalue weighted by atomic mass is 16.6. The van der Waals surface area contributed by atoms with Crippen molar-refractivity contribution in [1.82, 2.24) is 0 Å². The molecule has 0 saturated heterocycles. The van der Waals surface area contributed by atoms with E-state index < -0.39 is 11.6 Å². The molecule has 0 aromatic rings. The summed E-state index contributed by atoms with van der Waals surface area (Å²) in [4.78, 5) is 10.9. The average molecular weight is 184 g/mol. The summed E-state index contributed by atoms with van der Waals surface area (Å²) in [7, 11) is 0. The standard InChI is InChI=1S/C9H12O4/c10-6-1-3-9(4-2-6)7(11)5-8(12)13-9/h5-6,10-11H,1-4H2. The lowest BCUT2D eigenvalue weighted by atomic mass is 9.82. The van der Waals surface area contributed by atoms with Crippen molar-refractivity contribution in [3.05, 3.63) is 11.8 Å². The normalized spacial score (nSPS) is 39.0. The number of aliphatic hydroxyl groups excluding tert-OH is 2. The molecule has 2 aliphatic rings. The van der Waals surface area contributed by atoms with Gasteiger partial charge in [-0.2, -0.15) is 0 Å². The Bertz CT molecular complexity index is 261. The maximum atomic E-state index is 10.9. The fourth-order valence-corrected chi connectivity index (χ4v) is 1.94. The van der Waals surface area contributed by atoms with Crippen molar-refractivity contribution >= 4 is 5.97 Å². The van der Waals surface area contributed by atoms with Gasteiger partial charge in [0.2, 0.25) is 0 Å². The van der Waals surface area contributed by atoms with E-state index in [2.05, 4.69) is 0 Å². The van der Waals surface area contributed by atoms with Gasteiger partial charge in [-0.3, -0.25) is 0 Å². The maximum absolute atomic E-state index is 10.9. The van der Waals surface area contributed by atoms with E-state index in [9.17, 15) is 15.0 Å². The minimum Gasteiger partial charge on any atom is -0.508 e. The van der Waals surface area contributed by atoms with E-state index in [4.69, 9.17) is 4.74 Å². The van der Waals surface area contributed by atoms with Gasteiger partial charge < -0.3 is 14.9 Å². The van der Waals surface area contributed by atoms with Gasteiger partial charge in [0, 0.05) is 0 Å². The van der Waals surface area contributed by atoms with E-state index in [-0.39, 0.29) is 11.9 Å². The molecule has 0 radical (unpaired) electrons. The Hall–Kier alpha value is -1.03. The summed E-state index contributed by atoms with van der Waals surface area (Å²) in [6.07, 6.45) is 2.98. The lowest BCUT2D eigenvalue weighted by Crippen LogP contribution is -2.38. The van der Waals surface area contributed by atoms with Crippen molar-refractivity contribution in [1.29, 1.82) is 0 Å². The molecule has 0 aromatic carbocycles. The molecular formula is C9H12O4. The summed E-state index contributed by atoms with van der Waals surface area (Å²) < 4.78 is 5.06. The van der Waals surface area contributed by atoms with E-state index in [1.165, 1.54) is 0 Å². The lowest BCUT2D eigenvalue weighted by Gasteiger charge is -2.33. The molecule has 0 unspecified atom stereocenters. The molecule has 13 heavy (non-hydrogen) atoms. The summed E-state index contributed by atoms with van der Waals surface area (Å²) >= 11 is 0. The third kappa shape index (κ3) is 1.31. The van der Waals surface area contributed by atoms with Crippen LogP contribution >= 0.6 is 0 Å². The number of hydrogen-bond acceptors (Lipinski definition) is 4. The Kier molecular flexibility index (Phi) is 1.80. The summed E-state index contributed by atoms with van der Waals surface area (Å²) in [6.45, 7) is 0. The van der Waals surface area contributed by atoms with Gasteiger partial charge in [-0.05, 0) is 25.7 Å². The molecular weight excluding hydrogens is 172 g/mol. The largest absolute Gasteiger partial charge is 0.508 e. The van der Waals surface area contributed by atoms with E-state index in [1.807, 2.05) is 0 Å². The SMILES string of the molecule is O=C1C=C(O)C2(CCC(O)CC2)O1. The summed E-state index contributed by atoms with van der Waals surface area (Å²) in [5, 5.41) is 18.8. The third-order valence-corrected chi connectivity index (χ3v) is 2.78. The first-order chi connectivity index (χ1) is 6.12. The quantitative estimate of drug-likeness (QED) is 0.543. The molecule has 72 valence electrons. The molecule has 1 fully saturated rings. The number of rotatable bonds is 0. The van der Waals surface area contributed by atoms with Crippen molar-refractivity contribution in [2.45, 2.75) is 37.4 Å². The second kappa shape index (κ2) is 2.73. The van der Waals surface area contributed by atoms with Crippen molar-refractivity contribution in [2.24, 2.45) is 0 Å². The maximum Gasteiger partial charge on any atom is 0.335 e. The van der Waals surface area contributed by atoms with Crippen molar-refractivity contribution in [3.8, 4) is 0 Å². The molecule has 1 saturated carbocycles. The molecule has 1 heterocycles. The van der Waals surface area contributed by atoms with Crippen molar-refractivity contribution < 1.29 is 19.7 Å². The Morgan fingerprint density at radius 1 is 1.46 bits per heavy atom.